The monoisotopic (exact) mass is 292 g/mol. The van der Waals surface area contributed by atoms with Crippen molar-refractivity contribution in [1.82, 2.24) is 0 Å². The van der Waals surface area contributed by atoms with Gasteiger partial charge in [0.05, 0.1) is 7.11 Å². The first-order valence-electron chi connectivity index (χ1n) is 6.21. The van der Waals surface area contributed by atoms with E-state index in [0.717, 1.165) is 6.92 Å². The van der Waals surface area contributed by atoms with Crippen LogP contribution in [0.4, 0.5) is 4.39 Å². The lowest BCUT2D eigenvalue weighted by molar-refractivity contribution is -0.134. The van der Waals surface area contributed by atoms with Crippen molar-refractivity contribution in [1.29, 1.82) is 0 Å². The number of aliphatic carboxylic acids is 1. The molecule has 1 unspecified atom stereocenters. The van der Waals surface area contributed by atoms with Crippen molar-refractivity contribution in [2.24, 2.45) is 0 Å². The minimum absolute atomic E-state index is 0.276. The molecule has 0 aliphatic rings. The molecule has 21 heavy (non-hydrogen) atoms. The van der Waals surface area contributed by atoms with Crippen LogP contribution in [0.15, 0.2) is 48.5 Å². The molecule has 2 rings (SSSR count). The number of carboxylic acids is 1. The van der Waals surface area contributed by atoms with E-state index >= 15 is 0 Å². The topological polar surface area (TPSA) is 66.8 Å². The van der Waals surface area contributed by atoms with Gasteiger partial charge in [-0.3, -0.25) is 4.79 Å². The molecule has 0 amide bonds. The highest BCUT2D eigenvalue weighted by Crippen LogP contribution is 2.25. The number of halogens is 1. The third kappa shape index (κ3) is 5.24. The van der Waals surface area contributed by atoms with Gasteiger partial charge in [-0.2, -0.15) is 0 Å². The molecule has 0 aromatic heterocycles. The molecule has 0 bridgehead atoms. The largest absolute Gasteiger partial charge is 0.497 e. The molecule has 112 valence electrons. The summed E-state index contributed by atoms with van der Waals surface area (Å²) in [6, 6.07) is 13.1. The molecular weight excluding hydrogens is 275 g/mol. The summed E-state index contributed by atoms with van der Waals surface area (Å²) in [6.45, 7) is 1.08. The molecule has 0 radical (unpaired) electrons. The average molecular weight is 292 g/mol. The first kappa shape index (κ1) is 16.7. The summed E-state index contributed by atoms with van der Waals surface area (Å²) in [6.07, 6.45) is -0.956. The van der Waals surface area contributed by atoms with E-state index in [-0.39, 0.29) is 5.56 Å². The van der Waals surface area contributed by atoms with Crippen molar-refractivity contribution >= 4 is 5.97 Å². The number of benzene rings is 2. The molecule has 1 atom stereocenters. The lowest BCUT2D eigenvalue weighted by atomic mass is 10.0. The minimum Gasteiger partial charge on any atom is -0.497 e. The molecule has 2 aromatic rings. The Kier molecular flexibility index (Phi) is 6.36. The van der Waals surface area contributed by atoms with Crippen LogP contribution in [-0.2, 0) is 4.79 Å². The van der Waals surface area contributed by atoms with Crippen molar-refractivity contribution in [2.75, 3.05) is 7.11 Å². The molecule has 2 aromatic carbocycles. The molecule has 4 nitrogen and oxygen atoms in total. The van der Waals surface area contributed by atoms with Crippen LogP contribution < -0.4 is 4.74 Å². The van der Waals surface area contributed by atoms with Gasteiger partial charge in [-0.25, -0.2) is 4.39 Å². The number of rotatable bonds is 3. The normalized spacial score (nSPS) is 11.0. The maximum Gasteiger partial charge on any atom is 0.300 e. The van der Waals surface area contributed by atoms with E-state index in [1.807, 2.05) is 0 Å². The highest BCUT2D eigenvalue weighted by Gasteiger charge is 2.14. The van der Waals surface area contributed by atoms with Gasteiger partial charge in [-0.1, -0.05) is 30.3 Å². The average Bonchev–Trinajstić information content (AvgIpc) is 2.46. The van der Waals surface area contributed by atoms with E-state index in [0.29, 0.717) is 11.3 Å². The van der Waals surface area contributed by atoms with Crippen LogP contribution in [0.25, 0.3) is 0 Å². The van der Waals surface area contributed by atoms with Gasteiger partial charge < -0.3 is 14.9 Å². The molecule has 2 N–H and O–H groups in total. The number of hydrogen-bond donors (Lipinski definition) is 2. The molecule has 0 heterocycles. The van der Waals surface area contributed by atoms with Crippen LogP contribution in [0.3, 0.4) is 0 Å². The summed E-state index contributed by atoms with van der Waals surface area (Å²) >= 11 is 0. The molecule has 0 saturated heterocycles. The first-order chi connectivity index (χ1) is 9.95. The summed E-state index contributed by atoms with van der Waals surface area (Å²) in [7, 11) is 1.57. The van der Waals surface area contributed by atoms with Crippen molar-refractivity contribution in [3.05, 3.63) is 65.5 Å². The zero-order valence-electron chi connectivity index (χ0n) is 11.8. The molecule has 0 saturated carbocycles. The number of aliphatic hydroxyl groups excluding tert-OH is 1. The van der Waals surface area contributed by atoms with Crippen molar-refractivity contribution < 1.29 is 24.1 Å². The lowest BCUT2D eigenvalue weighted by Crippen LogP contribution is -2.02. The maximum absolute atomic E-state index is 13.5. The van der Waals surface area contributed by atoms with E-state index in [4.69, 9.17) is 14.6 Å². The Morgan fingerprint density at radius 3 is 2.14 bits per heavy atom. The molecule has 0 spiro atoms. The van der Waals surface area contributed by atoms with E-state index in [9.17, 15) is 9.50 Å². The molecule has 5 heteroatoms. The van der Waals surface area contributed by atoms with E-state index in [2.05, 4.69) is 0 Å². The number of ether oxygens (including phenoxy) is 1. The summed E-state index contributed by atoms with van der Waals surface area (Å²) in [4.78, 5) is 9.00. The second-order valence-electron chi connectivity index (χ2n) is 4.22. The number of hydrogen-bond acceptors (Lipinski definition) is 3. The van der Waals surface area contributed by atoms with Crippen LogP contribution in [-0.4, -0.2) is 23.3 Å². The number of carboxylic acid groups (broad SMARTS) is 1. The van der Waals surface area contributed by atoms with Gasteiger partial charge in [-0.15, -0.1) is 0 Å². The van der Waals surface area contributed by atoms with Crippen LogP contribution >= 0.6 is 0 Å². The Bertz CT molecular complexity index is 577. The van der Waals surface area contributed by atoms with Gasteiger partial charge in [-0.05, 0) is 23.8 Å². The fourth-order valence-corrected chi connectivity index (χ4v) is 1.66. The van der Waals surface area contributed by atoms with Crippen LogP contribution in [0, 0.1) is 5.82 Å². The highest BCUT2D eigenvalue weighted by molar-refractivity contribution is 5.62. The highest BCUT2D eigenvalue weighted by atomic mass is 19.1. The van der Waals surface area contributed by atoms with Gasteiger partial charge in [0.25, 0.3) is 5.97 Å². The fraction of sp³-hybridized carbons (Fsp3) is 0.188. The Morgan fingerprint density at radius 1 is 1.14 bits per heavy atom. The minimum atomic E-state index is -0.956. The predicted octanol–water partition coefficient (Wildman–Crippen LogP) is 3.01. The Labute approximate surface area is 122 Å². The summed E-state index contributed by atoms with van der Waals surface area (Å²) in [5.41, 5.74) is 0.911. The van der Waals surface area contributed by atoms with E-state index in [1.54, 1.807) is 49.6 Å². The van der Waals surface area contributed by atoms with E-state index in [1.165, 1.54) is 6.07 Å². The van der Waals surface area contributed by atoms with Gasteiger partial charge >= 0.3 is 0 Å². The van der Waals surface area contributed by atoms with Gasteiger partial charge in [0.2, 0.25) is 0 Å². The zero-order chi connectivity index (χ0) is 15.8. The summed E-state index contributed by atoms with van der Waals surface area (Å²) < 4.78 is 18.5. The number of carbonyl (C=O) groups is 1. The smallest absolute Gasteiger partial charge is 0.300 e. The van der Waals surface area contributed by atoms with Crippen molar-refractivity contribution in [2.45, 2.75) is 13.0 Å². The quantitative estimate of drug-likeness (QED) is 0.912. The molecular formula is C16H17FO4. The third-order valence-electron chi connectivity index (χ3n) is 2.63. The third-order valence-corrected chi connectivity index (χ3v) is 2.63. The number of methoxy groups -OCH3 is 1. The lowest BCUT2D eigenvalue weighted by Gasteiger charge is -2.12. The van der Waals surface area contributed by atoms with Crippen LogP contribution in [0.2, 0.25) is 0 Å². The second kappa shape index (κ2) is 8.01. The summed E-state index contributed by atoms with van der Waals surface area (Å²) in [5, 5.41) is 17.5. The molecule has 0 fully saturated rings. The van der Waals surface area contributed by atoms with Gasteiger partial charge in [0, 0.05) is 12.5 Å². The molecule has 0 aliphatic heterocycles. The van der Waals surface area contributed by atoms with Crippen LogP contribution in [0.1, 0.15) is 24.2 Å². The Hall–Kier alpha value is -2.40. The summed E-state index contributed by atoms with van der Waals surface area (Å²) in [5.74, 6) is -0.537. The maximum atomic E-state index is 13.5. The van der Waals surface area contributed by atoms with E-state index < -0.39 is 17.9 Å². The van der Waals surface area contributed by atoms with Crippen molar-refractivity contribution in [3.63, 3.8) is 0 Å². The van der Waals surface area contributed by atoms with Crippen LogP contribution in [0.5, 0.6) is 5.75 Å². The standard InChI is InChI=1S/C14H13FO2.C2H4O2/c1-17-11-8-6-10(7-9-11)14(16)12-4-2-3-5-13(12)15;1-2(3)4/h2-9,14,16H,1H3;1H3,(H,3,4). The fourth-order valence-electron chi connectivity index (χ4n) is 1.66. The molecule has 0 aliphatic carbocycles. The Balaban J connectivity index is 0.000000491. The van der Waals surface area contributed by atoms with Gasteiger partial charge in [0.15, 0.2) is 0 Å². The zero-order valence-corrected chi connectivity index (χ0v) is 11.8. The predicted molar refractivity (Wildman–Crippen MR) is 76.8 cm³/mol. The van der Waals surface area contributed by atoms with Gasteiger partial charge in [0.1, 0.15) is 17.7 Å². The Morgan fingerprint density at radius 2 is 1.67 bits per heavy atom. The first-order valence-corrected chi connectivity index (χ1v) is 6.21. The van der Waals surface area contributed by atoms with Crippen molar-refractivity contribution in [3.8, 4) is 5.75 Å². The number of aliphatic hydroxyl groups is 1. The SMILES string of the molecule is CC(=O)O.COc1ccc(C(O)c2ccccc2F)cc1. The second-order valence-corrected chi connectivity index (χ2v) is 4.22.